The molecular weight excluding hydrogens is 270 g/mol. The maximum atomic E-state index is 12.2. The SMILES string of the molecule is Cc1nc(C(=O)Nc2cc(C)on2)cc(N2CCCC2)n1. The highest BCUT2D eigenvalue weighted by Gasteiger charge is 2.18. The molecular formula is C14H17N5O2. The van der Waals surface area contributed by atoms with Crippen LogP contribution in [0.2, 0.25) is 0 Å². The average molecular weight is 287 g/mol. The van der Waals surface area contributed by atoms with E-state index in [0.717, 1.165) is 31.7 Å². The molecule has 1 fully saturated rings. The molecule has 1 aliphatic rings. The molecule has 1 amide bonds. The molecule has 1 saturated heterocycles. The summed E-state index contributed by atoms with van der Waals surface area (Å²) in [6.07, 6.45) is 2.31. The number of amides is 1. The van der Waals surface area contributed by atoms with Gasteiger partial charge in [0.1, 0.15) is 23.1 Å². The van der Waals surface area contributed by atoms with Gasteiger partial charge in [0.15, 0.2) is 5.82 Å². The van der Waals surface area contributed by atoms with Crippen LogP contribution in [0.1, 0.15) is 34.9 Å². The molecule has 1 N–H and O–H groups in total. The lowest BCUT2D eigenvalue weighted by atomic mass is 10.3. The molecule has 3 rings (SSSR count). The number of hydrogen-bond acceptors (Lipinski definition) is 6. The topological polar surface area (TPSA) is 84.2 Å². The lowest BCUT2D eigenvalue weighted by molar-refractivity contribution is 0.102. The summed E-state index contributed by atoms with van der Waals surface area (Å²) in [5.74, 6) is 2.11. The van der Waals surface area contributed by atoms with Gasteiger partial charge in [-0.15, -0.1) is 0 Å². The van der Waals surface area contributed by atoms with Crippen molar-refractivity contribution in [2.75, 3.05) is 23.3 Å². The lowest BCUT2D eigenvalue weighted by Crippen LogP contribution is -2.22. The Morgan fingerprint density at radius 1 is 1.24 bits per heavy atom. The van der Waals surface area contributed by atoms with E-state index in [1.54, 1.807) is 26.0 Å². The second-order valence-electron chi connectivity index (χ2n) is 5.13. The van der Waals surface area contributed by atoms with E-state index in [9.17, 15) is 4.79 Å². The molecule has 0 unspecified atom stereocenters. The summed E-state index contributed by atoms with van der Waals surface area (Å²) in [6.45, 7) is 5.50. The number of hydrogen-bond donors (Lipinski definition) is 1. The molecule has 0 atom stereocenters. The van der Waals surface area contributed by atoms with Gasteiger partial charge in [-0.2, -0.15) is 0 Å². The minimum absolute atomic E-state index is 0.311. The fourth-order valence-electron chi connectivity index (χ4n) is 2.38. The van der Waals surface area contributed by atoms with E-state index in [2.05, 4.69) is 25.3 Å². The van der Waals surface area contributed by atoms with Crippen molar-refractivity contribution in [1.29, 1.82) is 0 Å². The number of aromatic nitrogens is 3. The van der Waals surface area contributed by atoms with Crippen molar-refractivity contribution in [3.63, 3.8) is 0 Å². The molecule has 0 saturated carbocycles. The predicted octanol–water partition coefficient (Wildman–Crippen LogP) is 1.93. The molecule has 0 aromatic carbocycles. The normalized spacial score (nSPS) is 14.5. The van der Waals surface area contributed by atoms with Gasteiger partial charge in [0.25, 0.3) is 5.91 Å². The molecule has 0 bridgehead atoms. The smallest absolute Gasteiger partial charge is 0.275 e. The molecule has 3 heterocycles. The zero-order valence-corrected chi connectivity index (χ0v) is 12.1. The van der Waals surface area contributed by atoms with E-state index < -0.39 is 0 Å². The number of nitrogens with one attached hydrogen (secondary N) is 1. The Kier molecular flexibility index (Phi) is 3.55. The standard InChI is InChI=1S/C14H17N5O2/c1-9-7-12(18-21-9)17-14(20)11-8-13(16-10(2)15-11)19-5-3-4-6-19/h7-8H,3-6H2,1-2H3,(H,17,18,20). The van der Waals surface area contributed by atoms with Gasteiger partial charge in [0, 0.05) is 25.2 Å². The minimum Gasteiger partial charge on any atom is -0.360 e. The average Bonchev–Trinajstić information content (AvgIpc) is 3.10. The van der Waals surface area contributed by atoms with Crippen LogP contribution in [-0.4, -0.2) is 34.1 Å². The van der Waals surface area contributed by atoms with Gasteiger partial charge < -0.3 is 14.7 Å². The molecule has 2 aromatic heterocycles. The Balaban J connectivity index is 1.82. The van der Waals surface area contributed by atoms with Crippen molar-refractivity contribution in [3.05, 3.63) is 29.4 Å². The van der Waals surface area contributed by atoms with Gasteiger partial charge in [0.05, 0.1) is 0 Å². The molecule has 7 nitrogen and oxygen atoms in total. The second kappa shape index (κ2) is 5.51. The Morgan fingerprint density at radius 2 is 2.00 bits per heavy atom. The zero-order chi connectivity index (χ0) is 14.8. The first kappa shape index (κ1) is 13.5. The quantitative estimate of drug-likeness (QED) is 0.928. The zero-order valence-electron chi connectivity index (χ0n) is 12.1. The Bertz CT molecular complexity index is 661. The number of anilines is 2. The second-order valence-corrected chi connectivity index (χ2v) is 5.13. The summed E-state index contributed by atoms with van der Waals surface area (Å²) in [7, 11) is 0. The Hall–Kier alpha value is -2.44. The van der Waals surface area contributed by atoms with E-state index in [1.807, 2.05) is 0 Å². The highest BCUT2D eigenvalue weighted by Crippen LogP contribution is 2.19. The third kappa shape index (κ3) is 3.01. The molecule has 1 aliphatic heterocycles. The summed E-state index contributed by atoms with van der Waals surface area (Å²) < 4.78 is 4.92. The van der Waals surface area contributed by atoms with Gasteiger partial charge in [-0.25, -0.2) is 9.97 Å². The first-order valence-corrected chi connectivity index (χ1v) is 6.97. The molecule has 21 heavy (non-hydrogen) atoms. The highest BCUT2D eigenvalue weighted by atomic mass is 16.5. The van der Waals surface area contributed by atoms with Crippen LogP contribution in [0.3, 0.4) is 0 Å². The van der Waals surface area contributed by atoms with Crippen molar-refractivity contribution >= 4 is 17.5 Å². The molecule has 0 spiro atoms. The van der Waals surface area contributed by atoms with Crippen LogP contribution in [-0.2, 0) is 0 Å². The summed E-state index contributed by atoms with van der Waals surface area (Å²) in [5, 5.41) is 6.41. The van der Waals surface area contributed by atoms with Gasteiger partial charge in [-0.1, -0.05) is 5.16 Å². The number of rotatable bonds is 3. The van der Waals surface area contributed by atoms with Crippen LogP contribution in [0.25, 0.3) is 0 Å². The fraction of sp³-hybridized carbons (Fsp3) is 0.429. The van der Waals surface area contributed by atoms with E-state index in [4.69, 9.17) is 4.52 Å². The van der Waals surface area contributed by atoms with Gasteiger partial charge >= 0.3 is 0 Å². The van der Waals surface area contributed by atoms with Crippen LogP contribution >= 0.6 is 0 Å². The molecule has 0 aliphatic carbocycles. The number of carbonyl (C=O) groups excluding carboxylic acids is 1. The van der Waals surface area contributed by atoms with E-state index in [-0.39, 0.29) is 5.91 Å². The fourth-order valence-corrected chi connectivity index (χ4v) is 2.38. The maximum Gasteiger partial charge on any atom is 0.275 e. The maximum absolute atomic E-state index is 12.2. The van der Waals surface area contributed by atoms with Crippen LogP contribution in [0.5, 0.6) is 0 Å². The van der Waals surface area contributed by atoms with E-state index in [0.29, 0.717) is 23.1 Å². The monoisotopic (exact) mass is 287 g/mol. The lowest BCUT2D eigenvalue weighted by Gasteiger charge is -2.17. The minimum atomic E-state index is -0.311. The van der Waals surface area contributed by atoms with Gasteiger partial charge in [0.2, 0.25) is 0 Å². The largest absolute Gasteiger partial charge is 0.360 e. The van der Waals surface area contributed by atoms with Crippen LogP contribution in [0, 0.1) is 13.8 Å². The molecule has 0 radical (unpaired) electrons. The Morgan fingerprint density at radius 3 is 2.67 bits per heavy atom. The van der Waals surface area contributed by atoms with Crippen molar-refractivity contribution in [3.8, 4) is 0 Å². The van der Waals surface area contributed by atoms with Crippen LogP contribution in [0.4, 0.5) is 11.6 Å². The number of carbonyl (C=O) groups is 1. The van der Waals surface area contributed by atoms with E-state index in [1.165, 1.54) is 0 Å². The predicted molar refractivity (Wildman–Crippen MR) is 77.4 cm³/mol. The third-order valence-electron chi connectivity index (χ3n) is 3.36. The summed E-state index contributed by atoms with van der Waals surface area (Å²) >= 11 is 0. The summed E-state index contributed by atoms with van der Waals surface area (Å²) in [4.78, 5) is 23.0. The van der Waals surface area contributed by atoms with Crippen molar-refractivity contribution in [2.24, 2.45) is 0 Å². The Labute approximate surface area is 122 Å². The van der Waals surface area contributed by atoms with Crippen molar-refractivity contribution in [1.82, 2.24) is 15.1 Å². The van der Waals surface area contributed by atoms with Gasteiger partial charge in [-0.3, -0.25) is 4.79 Å². The number of nitrogens with zero attached hydrogens (tertiary/aromatic N) is 4. The van der Waals surface area contributed by atoms with Crippen molar-refractivity contribution < 1.29 is 9.32 Å². The highest BCUT2D eigenvalue weighted by molar-refractivity contribution is 6.02. The first-order valence-electron chi connectivity index (χ1n) is 6.97. The summed E-state index contributed by atoms with van der Waals surface area (Å²) in [5.41, 5.74) is 0.338. The molecule has 2 aromatic rings. The number of aryl methyl sites for hydroxylation is 2. The summed E-state index contributed by atoms with van der Waals surface area (Å²) in [6, 6.07) is 3.38. The molecule has 110 valence electrons. The third-order valence-corrected chi connectivity index (χ3v) is 3.36. The van der Waals surface area contributed by atoms with Crippen LogP contribution in [0.15, 0.2) is 16.7 Å². The van der Waals surface area contributed by atoms with Crippen molar-refractivity contribution in [2.45, 2.75) is 26.7 Å². The van der Waals surface area contributed by atoms with E-state index >= 15 is 0 Å². The van der Waals surface area contributed by atoms with Gasteiger partial charge in [-0.05, 0) is 26.7 Å². The molecule has 7 heteroatoms. The van der Waals surface area contributed by atoms with Crippen LogP contribution < -0.4 is 10.2 Å². The first-order chi connectivity index (χ1) is 10.1.